The molecule has 0 aliphatic heterocycles. The van der Waals surface area contributed by atoms with Crippen molar-refractivity contribution in [2.45, 2.75) is 84.2 Å². The van der Waals surface area contributed by atoms with E-state index in [-0.39, 0.29) is 11.5 Å². The van der Waals surface area contributed by atoms with Crippen molar-refractivity contribution < 1.29 is 5.11 Å². The quantitative estimate of drug-likeness (QED) is 0.675. The molecular weight excluding hydrogens is 244 g/mol. The summed E-state index contributed by atoms with van der Waals surface area (Å²) in [5.74, 6) is 3.76. The van der Waals surface area contributed by atoms with Crippen molar-refractivity contribution in [3.05, 3.63) is 0 Å². The Balaban J connectivity index is 1.64. The Morgan fingerprint density at radius 3 is 2.40 bits per heavy atom. The molecule has 4 rings (SSSR count). The van der Waals surface area contributed by atoms with E-state index in [1.165, 1.54) is 57.8 Å². The number of hydrogen-bond donors (Lipinski definition) is 1. The monoisotopic (exact) mass is 276 g/mol. The van der Waals surface area contributed by atoms with Crippen LogP contribution in [0.2, 0.25) is 0 Å². The molecule has 0 aromatic rings. The van der Waals surface area contributed by atoms with E-state index in [0.717, 1.165) is 30.1 Å². The smallest absolute Gasteiger partial charge is 0.0596 e. The molecule has 4 aliphatic rings. The van der Waals surface area contributed by atoms with E-state index in [2.05, 4.69) is 13.8 Å². The summed E-state index contributed by atoms with van der Waals surface area (Å²) in [6.45, 7) is 5.04. The van der Waals surface area contributed by atoms with E-state index in [4.69, 9.17) is 0 Å². The first-order valence-electron chi connectivity index (χ1n) is 9.24. The molecule has 0 bridgehead atoms. The Morgan fingerprint density at radius 2 is 1.55 bits per heavy atom. The molecule has 1 nitrogen and oxygen atoms in total. The van der Waals surface area contributed by atoms with Crippen LogP contribution in [0.1, 0.15) is 78.1 Å². The molecule has 4 aliphatic carbocycles. The van der Waals surface area contributed by atoms with Gasteiger partial charge in [0, 0.05) is 0 Å². The van der Waals surface area contributed by atoms with Crippen LogP contribution < -0.4 is 0 Å². The van der Waals surface area contributed by atoms with Gasteiger partial charge >= 0.3 is 0 Å². The Hall–Kier alpha value is -0.0400. The van der Waals surface area contributed by atoms with Crippen LogP contribution in [-0.4, -0.2) is 11.2 Å². The third-order valence-corrected chi connectivity index (χ3v) is 8.53. The van der Waals surface area contributed by atoms with E-state index in [1.807, 2.05) is 0 Å². The molecule has 114 valence electrons. The van der Waals surface area contributed by atoms with Crippen LogP contribution in [0.25, 0.3) is 0 Å². The number of rotatable bonds is 0. The molecular formula is C19H32O. The fraction of sp³-hybridized carbons (Fsp3) is 1.00. The average molecular weight is 276 g/mol. The van der Waals surface area contributed by atoms with Crippen LogP contribution in [0.15, 0.2) is 0 Å². The van der Waals surface area contributed by atoms with Crippen LogP contribution >= 0.6 is 0 Å². The van der Waals surface area contributed by atoms with E-state index >= 15 is 0 Å². The topological polar surface area (TPSA) is 20.2 Å². The normalized spacial score (nSPS) is 58.6. The maximum absolute atomic E-state index is 10.5. The summed E-state index contributed by atoms with van der Waals surface area (Å²) >= 11 is 0. The van der Waals surface area contributed by atoms with Crippen LogP contribution in [0.3, 0.4) is 0 Å². The maximum atomic E-state index is 10.5. The van der Waals surface area contributed by atoms with Crippen molar-refractivity contribution in [3.8, 4) is 0 Å². The number of aliphatic hydroxyl groups is 1. The minimum Gasteiger partial charge on any atom is -0.393 e. The van der Waals surface area contributed by atoms with Crippen LogP contribution in [0.5, 0.6) is 0 Å². The van der Waals surface area contributed by atoms with Crippen molar-refractivity contribution >= 4 is 0 Å². The lowest BCUT2D eigenvalue weighted by atomic mass is 9.45. The second kappa shape index (κ2) is 4.48. The number of hydrogen-bond acceptors (Lipinski definition) is 1. The van der Waals surface area contributed by atoms with Gasteiger partial charge in [0.2, 0.25) is 0 Å². The van der Waals surface area contributed by atoms with Crippen molar-refractivity contribution in [2.75, 3.05) is 0 Å². The first kappa shape index (κ1) is 13.6. The predicted molar refractivity (Wildman–Crippen MR) is 82.4 cm³/mol. The zero-order chi connectivity index (χ0) is 14.0. The van der Waals surface area contributed by atoms with Crippen molar-refractivity contribution in [1.82, 2.24) is 0 Å². The number of aliphatic hydroxyl groups excluding tert-OH is 1. The second-order valence-corrected chi connectivity index (χ2v) is 9.04. The lowest BCUT2D eigenvalue weighted by molar-refractivity contribution is -0.120. The lowest BCUT2D eigenvalue weighted by Gasteiger charge is -2.60. The van der Waals surface area contributed by atoms with E-state index in [9.17, 15) is 5.11 Å². The largest absolute Gasteiger partial charge is 0.393 e. The predicted octanol–water partition coefficient (Wildman–Crippen LogP) is 4.78. The van der Waals surface area contributed by atoms with Gasteiger partial charge in [-0.3, -0.25) is 0 Å². The van der Waals surface area contributed by atoms with Crippen LogP contribution in [0, 0.1) is 34.5 Å². The summed E-state index contributed by atoms with van der Waals surface area (Å²) in [4.78, 5) is 0. The molecule has 7 atom stereocenters. The Kier molecular flexibility index (Phi) is 3.05. The lowest BCUT2D eigenvalue weighted by Crippen LogP contribution is -2.53. The molecule has 0 amide bonds. The standard InChI is InChI=1S/C19H32O/c1-18-11-4-3-5-13(18)6-7-14-15-8-9-17(20)19(15,2)12-10-16(14)18/h13-17,20H,3-12H2,1-2H3/t13-,14-,15-,16-,17-,18+,19+/m1/s1. The minimum absolute atomic E-state index is 0.00895. The van der Waals surface area contributed by atoms with Gasteiger partial charge < -0.3 is 5.11 Å². The third-order valence-electron chi connectivity index (χ3n) is 8.53. The molecule has 0 aromatic heterocycles. The summed E-state index contributed by atoms with van der Waals surface area (Å²) in [6, 6.07) is 0. The fourth-order valence-corrected chi connectivity index (χ4v) is 7.27. The molecule has 0 aromatic carbocycles. The van der Waals surface area contributed by atoms with Gasteiger partial charge in [-0.1, -0.05) is 26.7 Å². The molecule has 1 N–H and O–H groups in total. The van der Waals surface area contributed by atoms with E-state index in [1.54, 1.807) is 0 Å². The van der Waals surface area contributed by atoms with E-state index < -0.39 is 0 Å². The summed E-state index contributed by atoms with van der Waals surface area (Å²) in [5, 5.41) is 10.5. The third kappa shape index (κ3) is 1.65. The highest BCUT2D eigenvalue weighted by Crippen LogP contribution is 2.66. The summed E-state index contributed by atoms with van der Waals surface area (Å²) in [6.07, 6.45) is 14.0. The first-order valence-corrected chi connectivity index (χ1v) is 9.24. The highest BCUT2D eigenvalue weighted by Gasteiger charge is 2.59. The van der Waals surface area contributed by atoms with Gasteiger partial charge in [-0.15, -0.1) is 0 Å². The molecule has 0 saturated heterocycles. The Labute approximate surface area is 124 Å². The second-order valence-electron chi connectivity index (χ2n) is 9.04. The van der Waals surface area contributed by atoms with Gasteiger partial charge in [-0.2, -0.15) is 0 Å². The van der Waals surface area contributed by atoms with Gasteiger partial charge in [0.15, 0.2) is 0 Å². The summed E-state index contributed by atoms with van der Waals surface area (Å²) < 4.78 is 0. The molecule has 4 saturated carbocycles. The summed E-state index contributed by atoms with van der Waals surface area (Å²) in [5.41, 5.74) is 0.912. The van der Waals surface area contributed by atoms with Gasteiger partial charge in [0.05, 0.1) is 6.10 Å². The number of fused-ring (bicyclic) bond motifs is 5. The zero-order valence-corrected chi connectivity index (χ0v) is 13.4. The average Bonchev–Trinajstić information content (AvgIpc) is 2.74. The molecule has 0 radical (unpaired) electrons. The van der Waals surface area contributed by atoms with Gasteiger partial charge in [-0.05, 0) is 85.9 Å². The molecule has 4 fully saturated rings. The van der Waals surface area contributed by atoms with Crippen LogP contribution in [0.4, 0.5) is 0 Å². The van der Waals surface area contributed by atoms with Gasteiger partial charge in [0.25, 0.3) is 0 Å². The van der Waals surface area contributed by atoms with Gasteiger partial charge in [-0.25, -0.2) is 0 Å². The highest BCUT2D eigenvalue weighted by atomic mass is 16.3. The molecule has 0 unspecified atom stereocenters. The molecule has 20 heavy (non-hydrogen) atoms. The summed E-state index contributed by atoms with van der Waals surface area (Å²) in [7, 11) is 0. The fourth-order valence-electron chi connectivity index (χ4n) is 7.27. The van der Waals surface area contributed by atoms with Crippen molar-refractivity contribution in [3.63, 3.8) is 0 Å². The SMILES string of the molecule is C[C@]12CCCC[C@@H]1CC[C@H]1[C@H]2CC[C@]2(C)[C@H](O)CC[C@H]12. The molecule has 0 heterocycles. The Morgan fingerprint density at radius 1 is 0.750 bits per heavy atom. The Bertz CT molecular complexity index is 391. The van der Waals surface area contributed by atoms with Crippen molar-refractivity contribution in [1.29, 1.82) is 0 Å². The minimum atomic E-state index is -0.00895. The maximum Gasteiger partial charge on any atom is 0.0596 e. The van der Waals surface area contributed by atoms with E-state index in [0.29, 0.717) is 5.41 Å². The first-order chi connectivity index (χ1) is 9.56. The molecule has 1 heteroatoms. The zero-order valence-electron chi connectivity index (χ0n) is 13.4. The van der Waals surface area contributed by atoms with Crippen LogP contribution in [-0.2, 0) is 0 Å². The van der Waals surface area contributed by atoms with Crippen molar-refractivity contribution in [2.24, 2.45) is 34.5 Å². The van der Waals surface area contributed by atoms with Gasteiger partial charge in [0.1, 0.15) is 0 Å². The molecule has 0 spiro atoms. The highest BCUT2D eigenvalue weighted by molar-refractivity contribution is 5.08.